The fourth-order valence-electron chi connectivity index (χ4n) is 0.935. The zero-order valence-electron chi connectivity index (χ0n) is 6.77. The summed E-state index contributed by atoms with van der Waals surface area (Å²) in [7, 11) is 0. The van der Waals surface area contributed by atoms with Crippen molar-refractivity contribution in [2.45, 2.75) is 24.7 Å². The molecule has 6 heteroatoms. The van der Waals surface area contributed by atoms with Crippen molar-refractivity contribution in [2.24, 2.45) is 0 Å². The Kier molecular flexibility index (Phi) is 5.31. The van der Waals surface area contributed by atoms with Crippen LogP contribution in [0.4, 0.5) is 0 Å². The number of aliphatic hydroxyl groups is 2. The van der Waals surface area contributed by atoms with Crippen molar-refractivity contribution in [3.63, 3.8) is 0 Å². The van der Waals surface area contributed by atoms with Crippen molar-refractivity contribution >= 4 is 5.97 Å². The molecule has 1 aliphatic heterocycles. The molecule has 0 amide bonds. The van der Waals surface area contributed by atoms with Gasteiger partial charge in [-0.15, -0.1) is 0 Å². The first kappa shape index (κ1) is 12.3. The molecule has 0 bridgehead atoms. The van der Waals surface area contributed by atoms with Gasteiger partial charge in [0.2, 0.25) is 0 Å². The van der Waals surface area contributed by atoms with E-state index in [1.165, 1.54) is 0 Å². The van der Waals surface area contributed by atoms with Crippen molar-refractivity contribution in [1.29, 1.82) is 0 Å². The van der Waals surface area contributed by atoms with Gasteiger partial charge in [-0.25, -0.2) is 0 Å². The normalized spacial score (nSPS) is 35.3. The molecular formula is C6H9NaO5. The van der Waals surface area contributed by atoms with Crippen molar-refractivity contribution in [3.8, 4) is 0 Å². The molecule has 1 saturated heterocycles. The van der Waals surface area contributed by atoms with E-state index in [9.17, 15) is 9.90 Å². The van der Waals surface area contributed by atoms with E-state index in [0.717, 1.165) is 0 Å². The van der Waals surface area contributed by atoms with Crippen LogP contribution in [0.2, 0.25) is 0 Å². The van der Waals surface area contributed by atoms with Gasteiger partial charge in [-0.2, -0.15) is 0 Å². The van der Waals surface area contributed by atoms with E-state index in [0.29, 0.717) is 0 Å². The maximum atomic E-state index is 10.2. The number of hydrogen-bond donors (Lipinski definition) is 2. The van der Waals surface area contributed by atoms with Crippen LogP contribution in [0.15, 0.2) is 0 Å². The number of carboxylic acids is 1. The summed E-state index contributed by atoms with van der Waals surface area (Å²) in [5.41, 5.74) is 0. The Morgan fingerprint density at radius 1 is 1.42 bits per heavy atom. The second-order valence-corrected chi connectivity index (χ2v) is 2.51. The quantitative estimate of drug-likeness (QED) is 0.396. The molecule has 0 saturated carbocycles. The van der Waals surface area contributed by atoms with Crippen molar-refractivity contribution < 1.29 is 54.4 Å². The summed E-state index contributed by atoms with van der Waals surface area (Å²) in [4.78, 5) is 10.2. The van der Waals surface area contributed by atoms with Crippen LogP contribution in [0.1, 0.15) is 6.42 Å². The van der Waals surface area contributed by atoms with Gasteiger partial charge < -0.3 is 24.9 Å². The average molecular weight is 184 g/mol. The molecule has 2 unspecified atom stereocenters. The Morgan fingerprint density at radius 2 is 2.00 bits per heavy atom. The van der Waals surface area contributed by atoms with Crippen molar-refractivity contribution in [2.75, 3.05) is 6.61 Å². The molecule has 0 aromatic carbocycles. The third-order valence-corrected chi connectivity index (χ3v) is 1.63. The summed E-state index contributed by atoms with van der Waals surface area (Å²) >= 11 is 0. The van der Waals surface area contributed by atoms with Crippen molar-refractivity contribution in [3.05, 3.63) is 0 Å². The molecule has 2 N–H and O–H groups in total. The van der Waals surface area contributed by atoms with Gasteiger partial charge in [-0.1, -0.05) is 0 Å². The fourth-order valence-corrected chi connectivity index (χ4v) is 0.935. The second-order valence-electron chi connectivity index (χ2n) is 2.51. The molecule has 0 aliphatic carbocycles. The minimum Gasteiger partial charge on any atom is -0.547 e. The van der Waals surface area contributed by atoms with Crippen LogP contribution < -0.4 is 34.7 Å². The first-order valence-corrected chi connectivity index (χ1v) is 3.30. The zero-order chi connectivity index (χ0) is 8.43. The first-order valence-electron chi connectivity index (χ1n) is 3.30. The van der Waals surface area contributed by atoms with E-state index < -0.39 is 24.3 Å². The smallest absolute Gasteiger partial charge is 0.547 e. The summed E-state index contributed by atoms with van der Waals surface area (Å²) in [5.74, 6) is -1.35. The number of carbonyl (C=O) groups excluding carboxylic acids is 1. The van der Waals surface area contributed by atoms with Gasteiger partial charge in [0.15, 0.2) is 0 Å². The van der Waals surface area contributed by atoms with E-state index in [1.54, 1.807) is 0 Å². The van der Waals surface area contributed by atoms with Crippen LogP contribution in [-0.2, 0) is 9.53 Å². The van der Waals surface area contributed by atoms with Crippen LogP contribution in [-0.4, -0.2) is 41.1 Å². The Labute approximate surface area is 91.6 Å². The Morgan fingerprint density at radius 3 is 2.42 bits per heavy atom. The van der Waals surface area contributed by atoms with Crippen LogP contribution in [0.3, 0.4) is 0 Å². The first-order chi connectivity index (χ1) is 5.11. The van der Waals surface area contributed by atoms with E-state index in [-0.39, 0.29) is 42.6 Å². The summed E-state index contributed by atoms with van der Waals surface area (Å²) in [6.07, 6.45) is -3.20. The van der Waals surface area contributed by atoms with E-state index in [4.69, 9.17) is 10.2 Å². The molecule has 1 fully saturated rings. The molecule has 1 aliphatic rings. The molecule has 5 nitrogen and oxygen atoms in total. The summed E-state index contributed by atoms with van der Waals surface area (Å²) in [6.45, 7) is -0.153. The number of carbonyl (C=O) groups is 1. The zero-order valence-corrected chi connectivity index (χ0v) is 8.77. The molecule has 1 rings (SSSR count). The predicted molar refractivity (Wildman–Crippen MR) is 31.4 cm³/mol. The summed E-state index contributed by atoms with van der Waals surface area (Å²) < 4.78 is 4.65. The van der Waals surface area contributed by atoms with Gasteiger partial charge in [0.05, 0.1) is 24.8 Å². The molecule has 0 spiro atoms. The van der Waals surface area contributed by atoms with Gasteiger partial charge >= 0.3 is 29.6 Å². The SMILES string of the molecule is O=C([O-])C1C[C@@H](O)C(O)CO1.[Na+]. The molecule has 0 aromatic heterocycles. The molecule has 64 valence electrons. The van der Waals surface area contributed by atoms with Gasteiger partial charge in [0.25, 0.3) is 0 Å². The van der Waals surface area contributed by atoms with Crippen LogP contribution in [0.25, 0.3) is 0 Å². The predicted octanol–water partition coefficient (Wildman–Crippen LogP) is -5.75. The Balaban J connectivity index is 0.00000121. The Bertz CT molecular complexity index is 162. The van der Waals surface area contributed by atoms with Gasteiger partial charge in [-0.3, -0.25) is 0 Å². The van der Waals surface area contributed by atoms with E-state index in [1.807, 2.05) is 0 Å². The number of aliphatic carboxylic acids is 1. The molecule has 3 atom stereocenters. The van der Waals surface area contributed by atoms with Crippen LogP contribution in [0, 0.1) is 0 Å². The Hall–Kier alpha value is 0.350. The molecule has 0 aromatic rings. The maximum Gasteiger partial charge on any atom is 1.00 e. The second kappa shape index (κ2) is 5.16. The standard InChI is InChI=1S/C6H10O5.Na/c7-3-1-5(6(9)10)11-2-4(3)8;/h3-5,7-8H,1-2H2,(H,9,10);/q;+1/p-1/t3-,4?,5?;/m1./s1. The number of carboxylic acid groups (broad SMARTS) is 1. The molecule has 12 heavy (non-hydrogen) atoms. The summed E-state index contributed by atoms with van der Waals surface area (Å²) in [6, 6.07) is 0. The van der Waals surface area contributed by atoms with Gasteiger partial charge in [-0.05, 0) is 0 Å². The van der Waals surface area contributed by atoms with E-state index in [2.05, 4.69) is 4.74 Å². The largest absolute Gasteiger partial charge is 1.00 e. The molecule has 0 radical (unpaired) electrons. The average Bonchev–Trinajstić information content (AvgIpc) is 1.94. The summed E-state index contributed by atoms with van der Waals surface area (Å²) in [5, 5.41) is 28.0. The molecular weight excluding hydrogens is 175 g/mol. The topological polar surface area (TPSA) is 89.8 Å². The van der Waals surface area contributed by atoms with Crippen molar-refractivity contribution in [1.82, 2.24) is 0 Å². The third-order valence-electron chi connectivity index (χ3n) is 1.63. The number of ether oxygens (including phenoxy) is 1. The maximum absolute atomic E-state index is 10.2. The minimum absolute atomic E-state index is 0. The number of rotatable bonds is 1. The van der Waals surface area contributed by atoms with Gasteiger partial charge in [0, 0.05) is 6.42 Å². The third kappa shape index (κ3) is 3.01. The number of hydrogen-bond acceptors (Lipinski definition) is 5. The molecule has 1 heterocycles. The van der Waals surface area contributed by atoms with Crippen LogP contribution in [0.5, 0.6) is 0 Å². The number of aliphatic hydroxyl groups excluding tert-OH is 2. The van der Waals surface area contributed by atoms with Crippen LogP contribution >= 0.6 is 0 Å². The van der Waals surface area contributed by atoms with Gasteiger partial charge in [0.1, 0.15) is 6.10 Å². The minimum atomic E-state index is -1.35. The van der Waals surface area contributed by atoms with E-state index >= 15 is 0 Å². The fraction of sp³-hybridized carbons (Fsp3) is 0.833. The monoisotopic (exact) mass is 184 g/mol.